The molecule has 0 atom stereocenters. The molecule has 0 radical (unpaired) electrons. The Hall–Kier alpha value is -2.27. The Morgan fingerprint density at radius 2 is 1.71 bits per heavy atom. The summed E-state index contributed by atoms with van der Waals surface area (Å²) in [5.41, 5.74) is 6.94. The number of aromatic nitrogens is 3. The predicted molar refractivity (Wildman–Crippen MR) is 101 cm³/mol. The van der Waals surface area contributed by atoms with Gasteiger partial charge in [0.05, 0.1) is 17.9 Å². The maximum Gasteiger partial charge on any atom is 0.121 e. The van der Waals surface area contributed by atoms with Gasteiger partial charge >= 0.3 is 0 Å². The molecule has 122 valence electrons. The summed E-state index contributed by atoms with van der Waals surface area (Å²) < 4.78 is 4.38. The average Bonchev–Trinajstić information content (AvgIpc) is 3.03. The number of nitrogens with zero attached hydrogens (tertiary/aromatic N) is 4. The van der Waals surface area contributed by atoms with Crippen LogP contribution in [0.1, 0.15) is 25.5 Å². The molecule has 0 fully saturated rings. The molecule has 1 aliphatic rings. The van der Waals surface area contributed by atoms with E-state index in [1.807, 2.05) is 4.68 Å². The number of hydrogen-bond donors (Lipinski definition) is 0. The molecule has 0 saturated carbocycles. The van der Waals surface area contributed by atoms with E-state index in [0.717, 1.165) is 17.9 Å². The standard InChI is InChI=1S/C19H20N4S/c1-13(2)23-19-16-10-6-7-11-17(16)22(24-3)12-14-8-4-5-9-15(14)18(19)20-21-23/h4-11,13H,12H2,1-3H3. The van der Waals surface area contributed by atoms with Gasteiger partial charge in [0.2, 0.25) is 0 Å². The number of fused-ring (bicyclic) bond motifs is 5. The highest BCUT2D eigenvalue weighted by Crippen LogP contribution is 2.43. The first kappa shape index (κ1) is 15.3. The Labute approximate surface area is 146 Å². The second-order valence-electron chi connectivity index (χ2n) is 6.22. The van der Waals surface area contributed by atoms with Crippen molar-refractivity contribution in [3.63, 3.8) is 0 Å². The third-order valence-corrected chi connectivity index (χ3v) is 5.18. The van der Waals surface area contributed by atoms with Crippen LogP contribution in [0.5, 0.6) is 0 Å². The van der Waals surface area contributed by atoms with E-state index in [-0.39, 0.29) is 6.04 Å². The minimum absolute atomic E-state index is 0.253. The van der Waals surface area contributed by atoms with Gasteiger partial charge < -0.3 is 4.31 Å². The lowest BCUT2D eigenvalue weighted by molar-refractivity contribution is 0.519. The molecule has 0 unspecified atom stereocenters. The lowest BCUT2D eigenvalue weighted by Crippen LogP contribution is -2.17. The molecule has 0 aliphatic carbocycles. The van der Waals surface area contributed by atoms with E-state index in [2.05, 4.69) is 83.3 Å². The monoisotopic (exact) mass is 336 g/mol. The number of rotatable bonds is 2. The maximum absolute atomic E-state index is 4.56. The molecule has 0 amide bonds. The fourth-order valence-electron chi connectivity index (χ4n) is 3.27. The normalized spacial score (nSPS) is 13.1. The van der Waals surface area contributed by atoms with Gasteiger partial charge in [-0.3, -0.25) is 0 Å². The van der Waals surface area contributed by atoms with Crippen LogP contribution >= 0.6 is 11.9 Å². The highest BCUT2D eigenvalue weighted by molar-refractivity contribution is 7.99. The Kier molecular flexibility index (Phi) is 3.81. The van der Waals surface area contributed by atoms with Crippen molar-refractivity contribution in [2.24, 2.45) is 0 Å². The zero-order chi connectivity index (χ0) is 16.7. The SMILES string of the molecule is CSN1Cc2ccccc2-c2nnn(C(C)C)c2-c2ccccc21. The van der Waals surface area contributed by atoms with E-state index >= 15 is 0 Å². The van der Waals surface area contributed by atoms with Crippen molar-refractivity contribution >= 4 is 17.6 Å². The highest BCUT2D eigenvalue weighted by Gasteiger charge is 2.26. The van der Waals surface area contributed by atoms with Crippen molar-refractivity contribution in [2.45, 2.75) is 26.4 Å². The molecule has 5 heteroatoms. The van der Waals surface area contributed by atoms with Crippen molar-refractivity contribution < 1.29 is 0 Å². The van der Waals surface area contributed by atoms with Crippen LogP contribution in [0, 0.1) is 0 Å². The summed E-state index contributed by atoms with van der Waals surface area (Å²) in [7, 11) is 0. The highest BCUT2D eigenvalue weighted by atomic mass is 32.2. The van der Waals surface area contributed by atoms with Crippen LogP contribution in [0.15, 0.2) is 48.5 Å². The van der Waals surface area contributed by atoms with Crippen molar-refractivity contribution in [1.29, 1.82) is 0 Å². The first-order valence-electron chi connectivity index (χ1n) is 8.15. The maximum atomic E-state index is 4.56. The van der Waals surface area contributed by atoms with E-state index in [9.17, 15) is 0 Å². The fraction of sp³-hybridized carbons (Fsp3) is 0.263. The summed E-state index contributed by atoms with van der Waals surface area (Å²) in [6, 6.07) is 17.3. The van der Waals surface area contributed by atoms with Crippen molar-refractivity contribution in [3.8, 4) is 22.5 Å². The Bertz CT molecular complexity index is 885. The lowest BCUT2D eigenvalue weighted by Gasteiger charge is -2.28. The van der Waals surface area contributed by atoms with Crippen LogP contribution in [0.2, 0.25) is 0 Å². The van der Waals surface area contributed by atoms with Gasteiger partial charge in [-0.2, -0.15) is 0 Å². The van der Waals surface area contributed by atoms with Gasteiger partial charge in [-0.05, 0) is 25.5 Å². The fourth-order valence-corrected chi connectivity index (χ4v) is 3.89. The molecule has 4 nitrogen and oxygen atoms in total. The molecule has 4 rings (SSSR count). The number of para-hydroxylation sites is 1. The number of benzene rings is 2. The quantitative estimate of drug-likeness (QED) is 0.630. The minimum Gasteiger partial charge on any atom is -0.311 e. The molecule has 1 aliphatic heterocycles. The van der Waals surface area contributed by atoms with Gasteiger partial charge in [0.1, 0.15) is 5.69 Å². The molecule has 1 aromatic heterocycles. The van der Waals surface area contributed by atoms with Gasteiger partial charge in [-0.1, -0.05) is 59.6 Å². The van der Waals surface area contributed by atoms with Gasteiger partial charge in [0.15, 0.2) is 0 Å². The Morgan fingerprint density at radius 3 is 2.46 bits per heavy atom. The van der Waals surface area contributed by atoms with Gasteiger partial charge in [-0.15, -0.1) is 5.10 Å². The summed E-state index contributed by atoms with van der Waals surface area (Å²) in [6.45, 7) is 5.14. The smallest absolute Gasteiger partial charge is 0.121 e. The van der Waals surface area contributed by atoms with E-state index in [0.29, 0.717) is 0 Å². The molecule has 0 bridgehead atoms. The molecular weight excluding hydrogens is 316 g/mol. The van der Waals surface area contributed by atoms with E-state index in [1.54, 1.807) is 11.9 Å². The molecule has 0 N–H and O–H groups in total. The first-order valence-corrected chi connectivity index (χ1v) is 9.33. The summed E-state index contributed by atoms with van der Waals surface area (Å²) >= 11 is 1.75. The van der Waals surface area contributed by atoms with Crippen LogP contribution in [-0.2, 0) is 6.54 Å². The molecule has 2 aromatic carbocycles. The van der Waals surface area contributed by atoms with E-state index in [1.165, 1.54) is 22.4 Å². The minimum atomic E-state index is 0.253. The van der Waals surface area contributed by atoms with Crippen LogP contribution in [-0.4, -0.2) is 21.2 Å². The Balaban J connectivity index is 2.09. The van der Waals surface area contributed by atoms with E-state index in [4.69, 9.17) is 0 Å². The molecule has 24 heavy (non-hydrogen) atoms. The topological polar surface area (TPSA) is 34.0 Å². The second kappa shape index (κ2) is 5.98. The van der Waals surface area contributed by atoms with Crippen LogP contribution in [0.25, 0.3) is 22.5 Å². The van der Waals surface area contributed by atoms with Crippen LogP contribution < -0.4 is 4.31 Å². The lowest BCUT2D eigenvalue weighted by atomic mass is 9.96. The molecular formula is C19H20N4S. The number of hydrogen-bond acceptors (Lipinski definition) is 4. The first-order chi connectivity index (χ1) is 11.7. The predicted octanol–water partition coefficient (Wildman–Crippen LogP) is 4.79. The van der Waals surface area contributed by atoms with E-state index < -0.39 is 0 Å². The van der Waals surface area contributed by atoms with Crippen LogP contribution in [0.3, 0.4) is 0 Å². The largest absolute Gasteiger partial charge is 0.311 e. The summed E-state index contributed by atoms with van der Waals surface area (Å²) in [4.78, 5) is 0. The zero-order valence-corrected chi connectivity index (χ0v) is 14.9. The summed E-state index contributed by atoms with van der Waals surface area (Å²) in [5, 5.41) is 9.03. The number of anilines is 1. The molecule has 0 saturated heterocycles. The van der Waals surface area contributed by atoms with Crippen molar-refractivity contribution in [2.75, 3.05) is 10.6 Å². The molecule has 3 aromatic rings. The molecule has 0 spiro atoms. The van der Waals surface area contributed by atoms with Crippen LogP contribution in [0.4, 0.5) is 5.69 Å². The third-order valence-electron chi connectivity index (χ3n) is 4.42. The average molecular weight is 336 g/mol. The Morgan fingerprint density at radius 1 is 1.00 bits per heavy atom. The second-order valence-corrected chi connectivity index (χ2v) is 7.02. The summed E-state index contributed by atoms with van der Waals surface area (Å²) in [5.74, 6) is 0. The summed E-state index contributed by atoms with van der Waals surface area (Å²) in [6.07, 6.45) is 2.12. The van der Waals surface area contributed by atoms with Gasteiger partial charge in [-0.25, -0.2) is 4.68 Å². The van der Waals surface area contributed by atoms with Gasteiger partial charge in [0, 0.05) is 23.4 Å². The third kappa shape index (κ3) is 2.31. The van der Waals surface area contributed by atoms with Gasteiger partial charge in [0.25, 0.3) is 0 Å². The van der Waals surface area contributed by atoms with Crippen molar-refractivity contribution in [1.82, 2.24) is 15.0 Å². The zero-order valence-electron chi connectivity index (χ0n) is 14.1. The molecule has 2 heterocycles. The van der Waals surface area contributed by atoms with Crippen molar-refractivity contribution in [3.05, 3.63) is 54.1 Å².